The molecule has 1 aliphatic carbocycles. The largest absolute Gasteiger partial charge is 0.484 e. The van der Waals surface area contributed by atoms with Gasteiger partial charge in [0.2, 0.25) is 0 Å². The third kappa shape index (κ3) is 3.57. The highest BCUT2D eigenvalue weighted by molar-refractivity contribution is 5.85. The van der Waals surface area contributed by atoms with Crippen molar-refractivity contribution < 1.29 is 24.1 Å². The van der Waals surface area contributed by atoms with Gasteiger partial charge in [-0.15, -0.1) is 5.10 Å². The second-order valence-corrected chi connectivity index (χ2v) is 11.7. The Balaban J connectivity index is 1.11. The summed E-state index contributed by atoms with van der Waals surface area (Å²) >= 11 is 0. The van der Waals surface area contributed by atoms with E-state index in [0.717, 1.165) is 28.6 Å². The Labute approximate surface area is 214 Å². The molecular weight excluding hydrogens is 474 g/mol. The van der Waals surface area contributed by atoms with Gasteiger partial charge in [0.05, 0.1) is 49.2 Å². The predicted molar refractivity (Wildman–Crippen MR) is 132 cm³/mol. The van der Waals surface area contributed by atoms with Crippen LogP contribution in [0.1, 0.15) is 56.5 Å². The number of hydrogen-bond acceptors (Lipinski definition) is 8. The lowest BCUT2D eigenvalue weighted by Gasteiger charge is -2.47. The molecule has 2 atom stereocenters. The zero-order chi connectivity index (χ0) is 25.6. The van der Waals surface area contributed by atoms with E-state index < -0.39 is 17.2 Å². The number of β-amino-alcohol motifs (C(OH)–C–C–N with tert-alkyl or cyclic N) is 1. The average molecular weight is 506 g/mol. The Morgan fingerprint density at radius 1 is 1.27 bits per heavy atom. The molecule has 0 spiro atoms. The maximum Gasteiger partial charge on any atom is 0.254 e. The summed E-state index contributed by atoms with van der Waals surface area (Å²) < 4.78 is 19.9. The number of pyridine rings is 1. The van der Waals surface area contributed by atoms with E-state index in [9.17, 15) is 9.90 Å². The first-order chi connectivity index (χ1) is 17.6. The minimum atomic E-state index is -0.826. The van der Waals surface area contributed by atoms with Gasteiger partial charge in [-0.25, -0.2) is 4.68 Å². The molecule has 194 valence electrons. The lowest BCUT2D eigenvalue weighted by Crippen LogP contribution is -2.65. The quantitative estimate of drug-likeness (QED) is 0.562. The summed E-state index contributed by atoms with van der Waals surface area (Å²) in [7, 11) is 0. The third-order valence-corrected chi connectivity index (χ3v) is 8.34. The van der Waals surface area contributed by atoms with Crippen molar-refractivity contribution in [3.05, 3.63) is 47.4 Å². The molecule has 6 heterocycles. The highest BCUT2D eigenvalue weighted by Crippen LogP contribution is 2.60. The number of carbonyl (C=O) groups excluding carboxylic acids is 1. The Hall–Kier alpha value is -3.08. The number of nitrogens with zero attached hydrogens (tertiary/aromatic N) is 5. The number of hydrogen-bond donors (Lipinski definition) is 1. The van der Waals surface area contributed by atoms with E-state index in [4.69, 9.17) is 14.2 Å². The summed E-state index contributed by atoms with van der Waals surface area (Å²) in [6, 6.07) is 5.96. The fourth-order valence-corrected chi connectivity index (χ4v) is 6.63. The molecule has 1 aromatic carbocycles. The van der Waals surface area contributed by atoms with Gasteiger partial charge in [-0.1, -0.05) is 5.21 Å². The van der Waals surface area contributed by atoms with Crippen LogP contribution in [0.2, 0.25) is 0 Å². The van der Waals surface area contributed by atoms with Crippen LogP contribution in [0.15, 0.2) is 30.6 Å². The van der Waals surface area contributed by atoms with Crippen LogP contribution in [0.5, 0.6) is 5.75 Å². The topological polar surface area (TPSA) is 112 Å². The van der Waals surface area contributed by atoms with Crippen LogP contribution in [0.3, 0.4) is 0 Å². The number of rotatable bonds is 5. The maximum atomic E-state index is 13.3. The predicted octanol–water partition coefficient (Wildman–Crippen LogP) is 2.28. The number of aliphatic hydroxyl groups is 1. The Morgan fingerprint density at radius 2 is 2.08 bits per heavy atom. The number of aromatic nitrogens is 4. The van der Waals surface area contributed by atoms with E-state index >= 15 is 0 Å². The van der Waals surface area contributed by atoms with Crippen molar-refractivity contribution in [1.29, 1.82) is 0 Å². The van der Waals surface area contributed by atoms with E-state index in [1.807, 2.05) is 44.4 Å². The second kappa shape index (κ2) is 7.72. The molecule has 4 aliphatic heterocycles. The molecule has 1 saturated carbocycles. The van der Waals surface area contributed by atoms with E-state index in [0.29, 0.717) is 44.8 Å². The zero-order valence-corrected chi connectivity index (χ0v) is 21.3. The molecule has 10 nitrogen and oxygen atoms in total. The van der Waals surface area contributed by atoms with Crippen molar-refractivity contribution in [3.63, 3.8) is 0 Å². The van der Waals surface area contributed by atoms with Crippen LogP contribution in [0.4, 0.5) is 0 Å². The molecule has 2 aromatic heterocycles. The molecule has 3 saturated heterocycles. The van der Waals surface area contributed by atoms with Gasteiger partial charge in [0.25, 0.3) is 5.91 Å². The van der Waals surface area contributed by atoms with Gasteiger partial charge < -0.3 is 24.2 Å². The number of ether oxygens (including phenoxy) is 3. The van der Waals surface area contributed by atoms with Crippen molar-refractivity contribution in [2.45, 2.75) is 75.6 Å². The molecule has 4 fully saturated rings. The molecule has 5 aliphatic rings. The molecule has 0 radical (unpaired) electrons. The van der Waals surface area contributed by atoms with Crippen LogP contribution in [-0.4, -0.2) is 72.9 Å². The van der Waals surface area contributed by atoms with E-state index in [2.05, 4.69) is 15.3 Å². The SMILES string of the molecule is C[C@@H](Oc1ccc2ncc3c(c2c1)CCOC3)c1cn(C23CC(C)(C2)OC3C(=O)N2CC(C)(O)C2)nn1. The van der Waals surface area contributed by atoms with Crippen molar-refractivity contribution in [3.8, 4) is 5.75 Å². The summed E-state index contributed by atoms with van der Waals surface area (Å²) in [6.45, 7) is 7.67. The van der Waals surface area contributed by atoms with E-state index in [-0.39, 0.29) is 17.6 Å². The summed E-state index contributed by atoms with van der Waals surface area (Å²) in [5, 5.41) is 20.0. The van der Waals surface area contributed by atoms with Gasteiger partial charge in [-0.2, -0.15) is 0 Å². The highest BCUT2D eigenvalue weighted by atomic mass is 16.5. The van der Waals surface area contributed by atoms with Crippen LogP contribution in [0, 0.1) is 0 Å². The maximum absolute atomic E-state index is 13.3. The number of likely N-dealkylation sites (tertiary alicyclic amines) is 1. The highest BCUT2D eigenvalue weighted by Gasteiger charge is 2.70. The first-order valence-electron chi connectivity index (χ1n) is 12.9. The number of benzene rings is 1. The summed E-state index contributed by atoms with van der Waals surface area (Å²) in [5.74, 6) is 0.653. The van der Waals surface area contributed by atoms with Gasteiger partial charge in [-0.05, 0) is 56.5 Å². The van der Waals surface area contributed by atoms with E-state index in [1.165, 1.54) is 5.56 Å². The number of amides is 1. The normalized spacial score (nSPS) is 30.4. The lowest BCUT2D eigenvalue weighted by molar-refractivity contribution is -0.164. The first kappa shape index (κ1) is 23.1. The van der Waals surface area contributed by atoms with Gasteiger partial charge in [0.15, 0.2) is 6.10 Å². The Kier molecular flexibility index (Phi) is 4.81. The summed E-state index contributed by atoms with van der Waals surface area (Å²) in [6.07, 6.45) is 5.07. The second-order valence-electron chi connectivity index (χ2n) is 11.7. The number of fused-ring (bicyclic) bond motifs is 4. The Morgan fingerprint density at radius 3 is 2.86 bits per heavy atom. The molecule has 1 unspecified atom stereocenters. The van der Waals surface area contributed by atoms with E-state index in [1.54, 1.807) is 16.5 Å². The summed E-state index contributed by atoms with van der Waals surface area (Å²) in [4.78, 5) is 19.5. The van der Waals surface area contributed by atoms with Crippen LogP contribution < -0.4 is 4.74 Å². The standard InChI is InChI=1S/C27H31N5O5/c1-16(36-18-4-5-21-20(8-18)19-6-7-35-11-17(19)9-28-21)22-10-32(30-29-22)27-12-26(3,13-27)37-23(27)24(33)31-14-25(2,34)15-31/h4-5,8-10,16,23,34H,6-7,11-15H2,1-3H3/t16-,23?,26?,27?/m1/s1. The first-order valence-corrected chi connectivity index (χ1v) is 12.9. The van der Waals surface area contributed by atoms with Gasteiger partial charge >= 0.3 is 0 Å². The van der Waals surface area contributed by atoms with Crippen molar-refractivity contribution in [1.82, 2.24) is 24.9 Å². The molecule has 3 aromatic rings. The van der Waals surface area contributed by atoms with Crippen LogP contribution in [0.25, 0.3) is 10.9 Å². The molecule has 8 rings (SSSR count). The Bertz CT molecular complexity index is 1400. The molecule has 10 heteroatoms. The molecule has 37 heavy (non-hydrogen) atoms. The van der Waals surface area contributed by atoms with Crippen LogP contribution in [-0.2, 0) is 32.8 Å². The van der Waals surface area contributed by atoms with Crippen molar-refractivity contribution in [2.24, 2.45) is 0 Å². The molecular formula is C27H31N5O5. The molecule has 1 amide bonds. The fourth-order valence-electron chi connectivity index (χ4n) is 6.63. The minimum Gasteiger partial charge on any atom is -0.484 e. The number of carbonyl (C=O) groups is 1. The van der Waals surface area contributed by atoms with Crippen LogP contribution >= 0.6 is 0 Å². The lowest BCUT2D eigenvalue weighted by atomic mass is 9.66. The smallest absolute Gasteiger partial charge is 0.254 e. The summed E-state index contributed by atoms with van der Waals surface area (Å²) in [5.41, 5.74) is 2.30. The van der Waals surface area contributed by atoms with Crippen molar-refractivity contribution >= 4 is 16.8 Å². The zero-order valence-electron chi connectivity index (χ0n) is 21.3. The average Bonchev–Trinajstić information content (AvgIpc) is 3.53. The van der Waals surface area contributed by atoms with Crippen molar-refractivity contribution in [2.75, 3.05) is 19.7 Å². The minimum absolute atomic E-state index is 0.0902. The van der Waals surface area contributed by atoms with Gasteiger partial charge in [0.1, 0.15) is 23.1 Å². The third-order valence-electron chi connectivity index (χ3n) is 8.34. The van der Waals surface area contributed by atoms with Gasteiger partial charge in [-0.3, -0.25) is 9.78 Å². The molecule has 1 N–H and O–H groups in total. The molecule has 2 bridgehead atoms. The van der Waals surface area contributed by atoms with Gasteiger partial charge in [0, 0.05) is 24.4 Å². The monoisotopic (exact) mass is 505 g/mol. The fraction of sp³-hybridized carbons (Fsp3) is 0.556.